The van der Waals surface area contributed by atoms with E-state index in [0.29, 0.717) is 0 Å². The molecule has 0 rings (SSSR count). The molecule has 2 atom stereocenters. The minimum absolute atomic E-state index is 0. The van der Waals surface area contributed by atoms with Gasteiger partial charge in [0.05, 0.1) is 13.2 Å². The Balaban J connectivity index is -0.00000101. The number of unbranched alkanes of at least 4 members (excludes halogenated alkanes) is 28. The molecule has 0 N–H and O–H groups in total. The van der Waals surface area contributed by atoms with Crippen LogP contribution in [0.3, 0.4) is 0 Å². The van der Waals surface area contributed by atoms with Crippen molar-refractivity contribution in [2.24, 2.45) is 11.8 Å². The largest absolute Gasteiger partial charge is 2.00 e. The SMILES string of the molecule is CCCCCCCCCCCC/C=C/C(CCCCCCC)COS(=O)(=O)[O-].CCCCCCCCCCCC/C=C/C(CCCCCCC)COS(=O)(=O)[O-].[Ca+2]. The Labute approximate surface area is 385 Å². The minimum atomic E-state index is -4.60. The first-order valence-electron chi connectivity index (χ1n) is 23.5. The van der Waals surface area contributed by atoms with Crippen molar-refractivity contribution in [1.82, 2.24) is 0 Å². The number of rotatable bonds is 42. The summed E-state index contributed by atoms with van der Waals surface area (Å²) in [5.74, 6) is 0.0435. The van der Waals surface area contributed by atoms with Crippen LogP contribution in [-0.2, 0) is 29.2 Å². The molecule has 0 aromatic rings. The van der Waals surface area contributed by atoms with Gasteiger partial charge in [-0.25, -0.2) is 16.8 Å². The van der Waals surface area contributed by atoms with E-state index in [9.17, 15) is 25.9 Å². The van der Waals surface area contributed by atoms with E-state index >= 15 is 0 Å². The van der Waals surface area contributed by atoms with Crippen LogP contribution in [0.1, 0.15) is 246 Å². The van der Waals surface area contributed by atoms with E-state index in [-0.39, 0.29) is 62.8 Å². The molecular weight excluding hydrogens is 785 g/mol. The molecule has 0 bridgehead atoms. The summed E-state index contributed by atoms with van der Waals surface area (Å²) in [6.07, 6.45) is 50.5. The van der Waals surface area contributed by atoms with Gasteiger partial charge in [-0.2, -0.15) is 0 Å². The predicted octanol–water partition coefficient (Wildman–Crippen LogP) is 14.2. The second kappa shape index (κ2) is 47.5. The molecule has 0 amide bonds. The second-order valence-corrected chi connectivity index (χ2v) is 18.2. The molecule has 0 saturated heterocycles. The van der Waals surface area contributed by atoms with E-state index in [2.05, 4.69) is 60.4 Å². The Morgan fingerprint density at radius 1 is 0.386 bits per heavy atom. The molecule has 0 aliphatic carbocycles. The fourth-order valence-corrected chi connectivity index (χ4v) is 7.59. The molecule has 0 aliphatic rings. The van der Waals surface area contributed by atoms with E-state index in [1.165, 1.54) is 167 Å². The Hall–Kier alpha value is 0.480. The maximum absolute atomic E-state index is 10.7. The molecule has 336 valence electrons. The van der Waals surface area contributed by atoms with E-state index in [1.807, 2.05) is 0 Å². The summed E-state index contributed by atoms with van der Waals surface area (Å²) < 4.78 is 73.3. The average molecular weight is 875 g/mol. The van der Waals surface area contributed by atoms with Crippen LogP contribution < -0.4 is 0 Å². The van der Waals surface area contributed by atoms with Crippen molar-refractivity contribution in [2.45, 2.75) is 246 Å². The zero-order chi connectivity index (χ0) is 41.9. The van der Waals surface area contributed by atoms with Gasteiger partial charge in [0.25, 0.3) is 0 Å². The molecule has 0 saturated carbocycles. The van der Waals surface area contributed by atoms with E-state index in [0.717, 1.165) is 51.4 Å². The quantitative estimate of drug-likeness (QED) is 0.0195. The normalized spacial score (nSPS) is 13.2. The number of allylic oxidation sites excluding steroid dienone is 2. The summed E-state index contributed by atoms with van der Waals surface area (Å²) in [6, 6.07) is 0. The second-order valence-electron chi connectivity index (χ2n) is 16.1. The smallest absolute Gasteiger partial charge is 0.726 e. The Morgan fingerprint density at radius 2 is 0.614 bits per heavy atom. The molecule has 0 fully saturated rings. The summed E-state index contributed by atoms with van der Waals surface area (Å²) in [6.45, 7) is 8.84. The molecule has 0 aromatic heterocycles. The molecule has 0 aliphatic heterocycles. The van der Waals surface area contributed by atoms with Crippen molar-refractivity contribution < 1.29 is 34.3 Å². The zero-order valence-corrected chi connectivity index (χ0v) is 41.6. The van der Waals surface area contributed by atoms with Gasteiger partial charge in [-0.1, -0.05) is 232 Å². The Bertz CT molecular complexity index is 982. The molecular formula is C46H90CaO8S2. The number of hydrogen-bond acceptors (Lipinski definition) is 8. The first-order chi connectivity index (χ1) is 27.0. The maximum atomic E-state index is 10.7. The first-order valence-corrected chi connectivity index (χ1v) is 26.2. The molecule has 0 spiro atoms. The zero-order valence-electron chi connectivity index (χ0n) is 37.7. The molecule has 8 nitrogen and oxygen atoms in total. The van der Waals surface area contributed by atoms with Gasteiger partial charge in [0.2, 0.25) is 20.8 Å². The van der Waals surface area contributed by atoms with Gasteiger partial charge in [0, 0.05) is 11.8 Å². The summed E-state index contributed by atoms with van der Waals surface area (Å²) in [7, 11) is -9.20. The van der Waals surface area contributed by atoms with Crippen molar-refractivity contribution >= 4 is 58.5 Å². The first kappa shape index (κ1) is 61.8. The van der Waals surface area contributed by atoms with Crippen LogP contribution >= 0.6 is 0 Å². The fourth-order valence-electron chi connectivity index (χ4n) is 6.91. The molecule has 0 aromatic carbocycles. The van der Waals surface area contributed by atoms with Crippen LogP contribution in [0.25, 0.3) is 0 Å². The molecule has 0 radical (unpaired) electrons. The molecule has 0 heterocycles. The van der Waals surface area contributed by atoms with Crippen LogP contribution in [-0.4, -0.2) is 76.9 Å². The van der Waals surface area contributed by atoms with Gasteiger partial charge in [-0.3, -0.25) is 8.37 Å². The van der Waals surface area contributed by atoms with Gasteiger partial charge in [-0.15, -0.1) is 0 Å². The summed E-state index contributed by atoms with van der Waals surface area (Å²) in [4.78, 5) is 0. The van der Waals surface area contributed by atoms with E-state index in [1.54, 1.807) is 0 Å². The summed E-state index contributed by atoms with van der Waals surface area (Å²) in [5.41, 5.74) is 0. The van der Waals surface area contributed by atoms with Gasteiger partial charge in [0.15, 0.2) is 0 Å². The Kier molecular flexibility index (Phi) is 51.5. The van der Waals surface area contributed by atoms with Gasteiger partial charge >= 0.3 is 37.7 Å². The van der Waals surface area contributed by atoms with Crippen LogP contribution in [0.2, 0.25) is 0 Å². The topological polar surface area (TPSA) is 133 Å². The van der Waals surface area contributed by atoms with Crippen LogP contribution in [0, 0.1) is 11.8 Å². The third-order valence-electron chi connectivity index (χ3n) is 10.5. The van der Waals surface area contributed by atoms with E-state index < -0.39 is 20.8 Å². The Morgan fingerprint density at radius 3 is 0.860 bits per heavy atom. The monoisotopic (exact) mass is 875 g/mol. The predicted molar refractivity (Wildman–Crippen MR) is 242 cm³/mol. The summed E-state index contributed by atoms with van der Waals surface area (Å²) in [5, 5.41) is 0. The van der Waals surface area contributed by atoms with Crippen molar-refractivity contribution in [3.8, 4) is 0 Å². The molecule has 57 heavy (non-hydrogen) atoms. The standard InChI is InChI=1S/2C23H46O4S.Ca/c2*1-3-5-7-9-10-11-12-13-14-15-17-19-21-23(22-27-28(24,25)26)20-18-16-8-6-4-2;/h2*19,21,23H,3-18,20,22H2,1-2H3,(H,24,25,26);/q;;+2/p-2/b2*21-19+;. The minimum Gasteiger partial charge on any atom is -0.726 e. The molecule has 2 unspecified atom stereocenters. The average Bonchev–Trinajstić information content (AvgIpc) is 3.15. The maximum Gasteiger partial charge on any atom is 2.00 e. The van der Waals surface area contributed by atoms with Gasteiger partial charge in [-0.05, 0) is 38.5 Å². The van der Waals surface area contributed by atoms with Gasteiger partial charge in [0.1, 0.15) is 0 Å². The number of hydrogen-bond donors (Lipinski definition) is 0. The molecule has 11 heteroatoms. The van der Waals surface area contributed by atoms with Crippen LogP contribution in [0.15, 0.2) is 24.3 Å². The van der Waals surface area contributed by atoms with E-state index in [4.69, 9.17) is 0 Å². The third kappa shape index (κ3) is 56.5. The van der Waals surface area contributed by atoms with Crippen molar-refractivity contribution in [1.29, 1.82) is 0 Å². The third-order valence-corrected chi connectivity index (χ3v) is 11.3. The fraction of sp³-hybridized carbons (Fsp3) is 0.913. The van der Waals surface area contributed by atoms with Crippen LogP contribution in [0.5, 0.6) is 0 Å². The van der Waals surface area contributed by atoms with Crippen molar-refractivity contribution in [2.75, 3.05) is 13.2 Å². The summed E-state index contributed by atoms with van der Waals surface area (Å²) >= 11 is 0. The van der Waals surface area contributed by atoms with Crippen LogP contribution in [0.4, 0.5) is 0 Å². The van der Waals surface area contributed by atoms with Gasteiger partial charge < -0.3 is 9.11 Å². The van der Waals surface area contributed by atoms with Crippen molar-refractivity contribution in [3.05, 3.63) is 24.3 Å². The van der Waals surface area contributed by atoms with Crippen molar-refractivity contribution in [3.63, 3.8) is 0 Å².